The number of aliphatic imine (C=N–C) groups is 1. The summed E-state index contributed by atoms with van der Waals surface area (Å²) >= 11 is 6.57. The first-order valence-electron chi connectivity index (χ1n) is 12.0. The lowest BCUT2D eigenvalue weighted by atomic mass is 9.81. The molecule has 1 saturated heterocycles. The van der Waals surface area contributed by atoms with Crippen molar-refractivity contribution in [1.82, 2.24) is 10.6 Å². The topological polar surface area (TPSA) is 89.0 Å². The third-order valence-electron chi connectivity index (χ3n) is 5.80. The van der Waals surface area contributed by atoms with Crippen molar-refractivity contribution < 1.29 is 19.1 Å². The Labute approximate surface area is 206 Å². The molecule has 2 heterocycles. The average Bonchev–Trinajstić information content (AvgIpc) is 3.06. The van der Waals surface area contributed by atoms with Crippen LogP contribution < -0.4 is 10.6 Å². The molecule has 7 nitrogen and oxygen atoms in total. The Bertz CT molecular complexity index is 992. The van der Waals surface area contributed by atoms with Crippen molar-refractivity contribution in [2.75, 3.05) is 13.2 Å². The van der Waals surface area contributed by atoms with Gasteiger partial charge >= 0.3 is 11.9 Å². The van der Waals surface area contributed by atoms with Crippen molar-refractivity contribution in [3.05, 3.63) is 57.5 Å². The largest absolute Gasteiger partial charge is 0.463 e. The number of ether oxygens (including phenoxy) is 2. The second-order valence-electron chi connectivity index (χ2n) is 8.74. The van der Waals surface area contributed by atoms with Gasteiger partial charge in [-0.2, -0.15) is 0 Å². The van der Waals surface area contributed by atoms with E-state index in [9.17, 15) is 9.59 Å². The van der Waals surface area contributed by atoms with Crippen LogP contribution in [0.3, 0.4) is 0 Å². The molecule has 34 heavy (non-hydrogen) atoms. The van der Waals surface area contributed by atoms with E-state index in [-0.39, 0.29) is 24.3 Å². The van der Waals surface area contributed by atoms with Crippen LogP contribution in [0.1, 0.15) is 64.9 Å². The van der Waals surface area contributed by atoms with E-state index in [1.54, 1.807) is 39.8 Å². The number of hydrogen-bond donors (Lipinski definition) is 2. The van der Waals surface area contributed by atoms with Crippen molar-refractivity contribution in [2.45, 2.75) is 71.4 Å². The first-order chi connectivity index (χ1) is 16.3. The highest BCUT2D eigenvalue weighted by molar-refractivity contribution is 6.31. The third-order valence-corrected chi connectivity index (χ3v) is 6.14. The van der Waals surface area contributed by atoms with E-state index in [2.05, 4.69) is 10.6 Å². The van der Waals surface area contributed by atoms with Crippen LogP contribution >= 0.6 is 11.6 Å². The van der Waals surface area contributed by atoms with E-state index in [1.165, 1.54) is 6.42 Å². The highest BCUT2D eigenvalue weighted by atomic mass is 35.5. The van der Waals surface area contributed by atoms with Crippen molar-refractivity contribution >= 4 is 29.8 Å². The minimum Gasteiger partial charge on any atom is -0.463 e. The zero-order chi connectivity index (χ0) is 24.7. The highest BCUT2D eigenvalue weighted by Gasteiger charge is 2.40. The Kier molecular flexibility index (Phi) is 9.30. The number of nitrogens with zero attached hydrogens (tertiary/aromatic N) is 1. The average molecular weight is 488 g/mol. The smallest absolute Gasteiger partial charge is 0.338 e. The first-order valence-corrected chi connectivity index (χ1v) is 12.3. The van der Waals surface area contributed by atoms with Gasteiger partial charge in [-0.3, -0.25) is 0 Å². The molecular formula is C26H34ClN3O4. The van der Waals surface area contributed by atoms with Gasteiger partial charge in [0.1, 0.15) is 5.82 Å². The van der Waals surface area contributed by atoms with Crippen LogP contribution in [0.5, 0.6) is 0 Å². The molecule has 8 heteroatoms. The van der Waals surface area contributed by atoms with Crippen LogP contribution in [0.4, 0.5) is 0 Å². The summed E-state index contributed by atoms with van der Waals surface area (Å²) in [5, 5.41) is 7.09. The van der Waals surface area contributed by atoms with Crippen LogP contribution in [0.25, 0.3) is 0 Å². The van der Waals surface area contributed by atoms with E-state index in [0.29, 0.717) is 27.7 Å². The number of dihydropyridines is 1. The second kappa shape index (κ2) is 12.2. The fourth-order valence-corrected chi connectivity index (χ4v) is 4.50. The van der Waals surface area contributed by atoms with Gasteiger partial charge in [-0.15, -0.1) is 0 Å². The number of hydrogen-bond acceptors (Lipinski definition) is 7. The maximum atomic E-state index is 13.3. The Morgan fingerprint density at radius 3 is 2.65 bits per heavy atom. The normalized spacial score (nSPS) is 21.5. The molecule has 0 amide bonds. The molecule has 2 unspecified atom stereocenters. The Morgan fingerprint density at radius 1 is 1.18 bits per heavy atom. The summed E-state index contributed by atoms with van der Waals surface area (Å²) in [5.41, 5.74) is 1.73. The fraction of sp³-hybridized carbons (Fsp3) is 0.500. The zero-order valence-electron chi connectivity index (χ0n) is 20.3. The van der Waals surface area contributed by atoms with Gasteiger partial charge in [0.25, 0.3) is 0 Å². The predicted octanol–water partition coefficient (Wildman–Crippen LogP) is 4.63. The van der Waals surface area contributed by atoms with Crippen LogP contribution in [0.2, 0.25) is 5.02 Å². The summed E-state index contributed by atoms with van der Waals surface area (Å²) in [7, 11) is 0. The van der Waals surface area contributed by atoms with Gasteiger partial charge in [0.2, 0.25) is 0 Å². The minimum absolute atomic E-state index is 0.107. The van der Waals surface area contributed by atoms with Crippen LogP contribution in [-0.2, 0) is 19.1 Å². The molecule has 0 aromatic heterocycles. The molecule has 0 saturated carbocycles. The molecule has 0 bridgehead atoms. The van der Waals surface area contributed by atoms with Gasteiger partial charge in [-0.05, 0) is 58.7 Å². The Balaban J connectivity index is 2.14. The lowest BCUT2D eigenvalue weighted by molar-refractivity contribution is -0.143. The third kappa shape index (κ3) is 6.27. The van der Waals surface area contributed by atoms with Gasteiger partial charge in [0, 0.05) is 23.0 Å². The first kappa shape index (κ1) is 26.0. The number of carbonyl (C=O) groups excluding carboxylic acids is 2. The molecule has 2 aliphatic heterocycles. The van der Waals surface area contributed by atoms with Gasteiger partial charge < -0.3 is 20.1 Å². The predicted molar refractivity (Wildman–Crippen MR) is 134 cm³/mol. The Hall–Kier alpha value is -2.64. The van der Waals surface area contributed by atoms with Crippen LogP contribution in [0.15, 0.2) is 51.9 Å². The van der Waals surface area contributed by atoms with E-state index in [4.69, 9.17) is 26.1 Å². The number of nitrogens with one attached hydrogen (secondary N) is 2. The number of esters is 2. The molecule has 0 radical (unpaired) electrons. The highest BCUT2D eigenvalue weighted by Crippen LogP contribution is 2.42. The van der Waals surface area contributed by atoms with Crippen LogP contribution in [-0.4, -0.2) is 43.5 Å². The molecule has 184 valence electrons. The summed E-state index contributed by atoms with van der Waals surface area (Å²) in [6.45, 7) is 8.21. The van der Waals surface area contributed by atoms with Crippen molar-refractivity contribution in [3.8, 4) is 0 Å². The van der Waals surface area contributed by atoms with E-state index in [1.807, 2.05) is 18.3 Å². The summed E-state index contributed by atoms with van der Waals surface area (Å²) in [5.74, 6) is -1.49. The number of carbonyl (C=O) groups is 2. The summed E-state index contributed by atoms with van der Waals surface area (Å²) < 4.78 is 11.0. The molecule has 0 spiro atoms. The molecule has 3 rings (SSSR count). The molecule has 1 fully saturated rings. The summed E-state index contributed by atoms with van der Waals surface area (Å²) in [4.78, 5) is 31.2. The summed E-state index contributed by atoms with van der Waals surface area (Å²) in [6.07, 6.45) is 5.92. The lowest BCUT2D eigenvalue weighted by Gasteiger charge is -2.31. The van der Waals surface area contributed by atoms with Crippen molar-refractivity contribution in [1.29, 1.82) is 0 Å². The molecule has 1 aromatic rings. The van der Waals surface area contributed by atoms with Crippen LogP contribution in [0, 0.1) is 0 Å². The van der Waals surface area contributed by atoms with Crippen molar-refractivity contribution in [2.24, 2.45) is 4.99 Å². The SMILES string of the molecule is CCOC(=O)C1=C(N=CC2CCCCCN2)NC(C)=C(C(=O)OC(C)C)C1c1ccccc1Cl. The van der Waals surface area contributed by atoms with E-state index in [0.717, 1.165) is 25.8 Å². The Morgan fingerprint density at radius 2 is 1.94 bits per heavy atom. The minimum atomic E-state index is -0.783. The number of rotatable bonds is 7. The van der Waals surface area contributed by atoms with Gasteiger partial charge in [0.15, 0.2) is 0 Å². The van der Waals surface area contributed by atoms with E-state index < -0.39 is 17.9 Å². The summed E-state index contributed by atoms with van der Waals surface area (Å²) in [6, 6.07) is 7.28. The molecule has 2 N–H and O–H groups in total. The monoisotopic (exact) mass is 487 g/mol. The van der Waals surface area contributed by atoms with Gasteiger partial charge in [-0.25, -0.2) is 14.6 Å². The van der Waals surface area contributed by atoms with Gasteiger partial charge in [0.05, 0.1) is 29.8 Å². The van der Waals surface area contributed by atoms with E-state index >= 15 is 0 Å². The van der Waals surface area contributed by atoms with Gasteiger partial charge in [-0.1, -0.05) is 42.6 Å². The molecule has 2 atom stereocenters. The number of halogens is 1. The standard InChI is InChI=1S/C26H34ClN3O4/c1-5-33-25(31)23-22(19-12-8-9-13-20(19)27)21(26(32)34-16(2)3)17(4)30-24(23)29-15-18-11-7-6-10-14-28-18/h8-9,12-13,15-16,18,22,28,30H,5-7,10-11,14H2,1-4H3. The maximum absolute atomic E-state index is 13.3. The molecular weight excluding hydrogens is 454 g/mol. The second-order valence-corrected chi connectivity index (χ2v) is 9.15. The molecule has 2 aliphatic rings. The van der Waals surface area contributed by atoms with Crippen molar-refractivity contribution in [3.63, 3.8) is 0 Å². The fourth-order valence-electron chi connectivity index (χ4n) is 4.25. The lowest BCUT2D eigenvalue weighted by Crippen LogP contribution is -2.34. The quantitative estimate of drug-likeness (QED) is 0.430. The molecule has 0 aliphatic carbocycles. The maximum Gasteiger partial charge on any atom is 0.338 e. The number of benzene rings is 1. The number of allylic oxidation sites excluding steroid dienone is 1. The zero-order valence-corrected chi connectivity index (χ0v) is 21.1. The molecule has 1 aromatic carbocycles.